The maximum absolute atomic E-state index is 11.3. The van der Waals surface area contributed by atoms with Crippen LogP contribution < -0.4 is 5.32 Å². The van der Waals surface area contributed by atoms with Gasteiger partial charge in [0.2, 0.25) is 0 Å². The second-order valence-electron chi connectivity index (χ2n) is 3.59. The fraction of sp³-hybridized carbons (Fsp3) is 0.778. The highest BCUT2D eigenvalue weighted by Crippen LogP contribution is 2.13. The summed E-state index contributed by atoms with van der Waals surface area (Å²) in [6, 6.07) is 0.0366. The minimum absolute atomic E-state index is 0.0366. The first-order valence-electron chi connectivity index (χ1n) is 5.32. The molecular weight excluding hydrogens is 228 g/mol. The van der Waals surface area contributed by atoms with Gasteiger partial charge in [-0.05, 0) is 19.9 Å². The Hall–Kier alpha value is -0.950. The zero-order chi connectivity index (χ0) is 12.0. The van der Waals surface area contributed by atoms with Crippen LogP contribution in [0.25, 0.3) is 0 Å². The molecular formula is C9H18N4O2S. The number of nitrogens with one attached hydrogen (secondary N) is 2. The molecule has 16 heavy (non-hydrogen) atoms. The summed E-state index contributed by atoms with van der Waals surface area (Å²) in [5, 5.41) is 9.63. The van der Waals surface area contributed by atoms with E-state index in [0.29, 0.717) is 6.42 Å². The molecule has 2 N–H and O–H groups in total. The number of hydrogen-bond acceptors (Lipinski definition) is 5. The summed E-state index contributed by atoms with van der Waals surface area (Å²) < 4.78 is 22.6. The van der Waals surface area contributed by atoms with Crippen LogP contribution in [0.4, 0.5) is 0 Å². The monoisotopic (exact) mass is 246 g/mol. The molecule has 1 heterocycles. The summed E-state index contributed by atoms with van der Waals surface area (Å²) >= 11 is 0. The predicted molar refractivity (Wildman–Crippen MR) is 61.7 cm³/mol. The quantitative estimate of drug-likeness (QED) is 0.721. The lowest BCUT2D eigenvalue weighted by Gasteiger charge is -2.12. The number of rotatable bonds is 7. The number of hydrogen-bond donors (Lipinski definition) is 2. The van der Waals surface area contributed by atoms with Crippen molar-refractivity contribution in [2.45, 2.75) is 25.8 Å². The third-order valence-corrected chi connectivity index (χ3v) is 4.29. The molecule has 0 aliphatic carbocycles. The highest BCUT2D eigenvalue weighted by atomic mass is 32.2. The van der Waals surface area contributed by atoms with Crippen LogP contribution in [-0.4, -0.2) is 42.2 Å². The van der Waals surface area contributed by atoms with E-state index in [1.165, 1.54) is 6.33 Å². The molecule has 1 aromatic rings. The summed E-state index contributed by atoms with van der Waals surface area (Å²) in [5.74, 6) is 1.19. The van der Waals surface area contributed by atoms with Crippen LogP contribution in [0.5, 0.6) is 0 Å². The van der Waals surface area contributed by atoms with Crippen LogP contribution >= 0.6 is 0 Å². The zero-order valence-corrected chi connectivity index (χ0v) is 10.4. The van der Waals surface area contributed by atoms with Gasteiger partial charge in [0.15, 0.2) is 0 Å². The normalized spacial score (nSPS) is 13.9. The van der Waals surface area contributed by atoms with Gasteiger partial charge in [0.05, 0.1) is 11.8 Å². The standard InChI is InChI=1S/C9H18N4O2S/c1-3-16(14,15)6-4-5-8(10-2)9-11-7-12-13-9/h7-8,10H,3-6H2,1-2H3,(H,11,12,13). The number of aromatic amines is 1. The zero-order valence-electron chi connectivity index (χ0n) is 9.60. The first-order chi connectivity index (χ1) is 7.59. The van der Waals surface area contributed by atoms with Crippen molar-refractivity contribution in [1.82, 2.24) is 20.5 Å². The third-order valence-electron chi connectivity index (χ3n) is 2.50. The summed E-state index contributed by atoms with van der Waals surface area (Å²) in [4.78, 5) is 4.04. The van der Waals surface area contributed by atoms with Gasteiger partial charge in [-0.3, -0.25) is 5.10 Å². The van der Waals surface area contributed by atoms with Crippen LogP contribution in [0.2, 0.25) is 0 Å². The van der Waals surface area contributed by atoms with Gasteiger partial charge in [-0.25, -0.2) is 13.4 Å². The first kappa shape index (κ1) is 13.1. The predicted octanol–water partition coefficient (Wildman–Crippen LogP) is 0.280. The van der Waals surface area contributed by atoms with E-state index in [2.05, 4.69) is 20.5 Å². The van der Waals surface area contributed by atoms with Gasteiger partial charge in [0, 0.05) is 5.75 Å². The van der Waals surface area contributed by atoms with Crippen LogP contribution in [0, 0.1) is 0 Å². The van der Waals surface area contributed by atoms with Crippen molar-refractivity contribution >= 4 is 9.84 Å². The van der Waals surface area contributed by atoms with Crippen molar-refractivity contribution in [2.24, 2.45) is 0 Å². The van der Waals surface area contributed by atoms with E-state index < -0.39 is 9.84 Å². The molecule has 0 saturated carbocycles. The molecule has 0 aromatic carbocycles. The van der Waals surface area contributed by atoms with E-state index in [1.807, 2.05) is 7.05 Å². The fourth-order valence-electron chi connectivity index (χ4n) is 1.45. The molecule has 0 aliphatic rings. The van der Waals surface area contributed by atoms with Crippen LogP contribution in [0.3, 0.4) is 0 Å². The van der Waals surface area contributed by atoms with Crippen molar-refractivity contribution < 1.29 is 8.42 Å². The Bertz CT molecular complexity index is 388. The van der Waals surface area contributed by atoms with Crippen molar-refractivity contribution in [3.05, 3.63) is 12.2 Å². The molecule has 0 radical (unpaired) electrons. The van der Waals surface area contributed by atoms with E-state index >= 15 is 0 Å². The number of H-pyrrole nitrogens is 1. The van der Waals surface area contributed by atoms with E-state index in [0.717, 1.165) is 12.2 Å². The van der Waals surface area contributed by atoms with Crippen LogP contribution in [-0.2, 0) is 9.84 Å². The number of nitrogens with zero attached hydrogens (tertiary/aromatic N) is 2. The second-order valence-corrected chi connectivity index (χ2v) is 6.06. The smallest absolute Gasteiger partial charge is 0.150 e. The minimum Gasteiger partial charge on any atom is -0.310 e. The molecule has 0 saturated heterocycles. The van der Waals surface area contributed by atoms with Gasteiger partial charge in [-0.1, -0.05) is 6.92 Å². The molecule has 1 rings (SSSR count). The van der Waals surface area contributed by atoms with Gasteiger partial charge in [0.25, 0.3) is 0 Å². The third kappa shape index (κ3) is 3.90. The van der Waals surface area contributed by atoms with Crippen LogP contribution in [0.1, 0.15) is 31.6 Å². The van der Waals surface area contributed by atoms with Gasteiger partial charge in [0.1, 0.15) is 22.0 Å². The largest absolute Gasteiger partial charge is 0.310 e. The maximum Gasteiger partial charge on any atom is 0.150 e. The lowest BCUT2D eigenvalue weighted by atomic mass is 10.1. The van der Waals surface area contributed by atoms with Crippen molar-refractivity contribution in [3.63, 3.8) is 0 Å². The molecule has 92 valence electrons. The summed E-state index contributed by atoms with van der Waals surface area (Å²) in [6.07, 6.45) is 2.80. The average Bonchev–Trinajstić information content (AvgIpc) is 2.78. The molecule has 0 spiro atoms. The first-order valence-corrected chi connectivity index (χ1v) is 7.14. The molecule has 6 nitrogen and oxygen atoms in total. The molecule has 0 fully saturated rings. The topological polar surface area (TPSA) is 87.7 Å². The molecule has 0 bridgehead atoms. The molecule has 1 unspecified atom stereocenters. The average molecular weight is 246 g/mol. The highest BCUT2D eigenvalue weighted by Gasteiger charge is 2.14. The second kappa shape index (κ2) is 5.95. The van der Waals surface area contributed by atoms with E-state index in [9.17, 15) is 8.42 Å². The number of aromatic nitrogens is 3. The Morgan fingerprint density at radius 2 is 2.31 bits per heavy atom. The summed E-state index contributed by atoms with van der Waals surface area (Å²) in [6.45, 7) is 1.67. The van der Waals surface area contributed by atoms with Crippen molar-refractivity contribution in [1.29, 1.82) is 0 Å². The van der Waals surface area contributed by atoms with E-state index in [4.69, 9.17) is 0 Å². The van der Waals surface area contributed by atoms with Gasteiger partial charge < -0.3 is 5.32 Å². The van der Waals surface area contributed by atoms with E-state index in [1.54, 1.807) is 6.92 Å². The Labute approximate surface area is 95.8 Å². The number of sulfone groups is 1. The Morgan fingerprint density at radius 3 is 2.81 bits per heavy atom. The lowest BCUT2D eigenvalue weighted by molar-refractivity contribution is 0.512. The van der Waals surface area contributed by atoms with Crippen LogP contribution in [0.15, 0.2) is 6.33 Å². The van der Waals surface area contributed by atoms with Crippen molar-refractivity contribution in [2.75, 3.05) is 18.6 Å². The summed E-state index contributed by atoms with van der Waals surface area (Å²) in [7, 11) is -1.05. The lowest BCUT2D eigenvalue weighted by Crippen LogP contribution is -2.19. The van der Waals surface area contributed by atoms with Crippen molar-refractivity contribution in [3.8, 4) is 0 Å². The Kier molecular flexibility index (Phi) is 4.88. The molecule has 7 heteroatoms. The molecule has 0 aliphatic heterocycles. The Balaban J connectivity index is 2.42. The SMILES string of the molecule is CCS(=O)(=O)CCCC(NC)c1ncn[nH]1. The molecule has 1 aromatic heterocycles. The van der Waals surface area contributed by atoms with Gasteiger partial charge in [-0.15, -0.1) is 0 Å². The molecule has 1 atom stereocenters. The van der Waals surface area contributed by atoms with Gasteiger partial charge in [-0.2, -0.15) is 5.10 Å². The maximum atomic E-state index is 11.3. The van der Waals surface area contributed by atoms with Gasteiger partial charge >= 0.3 is 0 Å². The fourth-order valence-corrected chi connectivity index (χ4v) is 2.35. The minimum atomic E-state index is -2.87. The highest BCUT2D eigenvalue weighted by molar-refractivity contribution is 7.91. The summed E-state index contributed by atoms with van der Waals surface area (Å²) in [5.41, 5.74) is 0. The molecule has 0 amide bonds. The Morgan fingerprint density at radius 1 is 1.56 bits per heavy atom. The van der Waals surface area contributed by atoms with E-state index in [-0.39, 0.29) is 17.5 Å².